The molecule has 1 aliphatic rings. The lowest BCUT2D eigenvalue weighted by molar-refractivity contribution is -0.134. The molecule has 0 aromatic rings. The predicted molar refractivity (Wildman–Crippen MR) is 63.9 cm³/mol. The molecule has 17 heavy (non-hydrogen) atoms. The second-order valence-corrected chi connectivity index (χ2v) is 4.07. The summed E-state index contributed by atoms with van der Waals surface area (Å²) in [5.74, 6) is 0.129. The Hall–Kier alpha value is -1.30. The Labute approximate surface area is 101 Å². The maximum absolute atomic E-state index is 12.0. The van der Waals surface area contributed by atoms with Gasteiger partial charge >= 0.3 is 0 Å². The monoisotopic (exact) mass is 243 g/mol. The van der Waals surface area contributed by atoms with Crippen LogP contribution >= 0.6 is 0 Å². The quantitative estimate of drug-likeness (QED) is 0.242. The zero-order valence-corrected chi connectivity index (χ0v) is 10.3. The van der Waals surface area contributed by atoms with Crippen molar-refractivity contribution < 1.29 is 14.7 Å². The normalized spacial score (nSPS) is 21.6. The third-order valence-electron chi connectivity index (χ3n) is 2.94. The number of nitrogens with zero attached hydrogens (tertiary/aromatic N) is 2. The van der Waals surface area contributed by atoms with Gasteiger partial charge in [0.15, 0.2) is 5.84 Å². The number of nitrogens with two attached hydrogens (primary N) is 1. The van der Waals surface area contributed by atoms with Crippen molar-refractivity contribution in [1.82, 2.24) is 4.90 Å². The Morgan fingerprint density at radius 1 is 1.59 bits per heavy atom. The molecule has 0 aromatic heterocycles. The molecular weight excluding hydrogens is 222 g/mol. The summed E-state index contributed by atoms with van der Waals surface area (Å²) in [6, 6.07) is -0.261. The topological polar surface area (TPSA) is 88.2 Å². The van der Waals surface area contributed by atoms with Gasteiger partial charge in [0, 0.05) is 13.2 Å². The number of amides is 1. The first-order valence-corrected chi connectivity index (χ1v) is 6.05. The number of piperidine rings is 1. The Morgan fingerprint density at radius 3 is 3.00 bits per heavy atom. The molecule has 1 aliphatic heterocycles. The first-order valence-electron chi connectivity index (χ1n) is 6.05. The Kier molecular flexibility index (Phi) is 5.76. The minimum Gasteiger partial charge on any atom is -0.409 e. The summed E-state index contributed by atoms with van der Waals surface area (Å²) >= 11 is 0. The average Bonchev–Trinajstić information content (AvgIpc) is 2.38. The number of rotatable bonds is 5. The molecule has 1 atom stereocenters. The van der Waals surface area contributed by atoms with Gasteiger partial charge in [-0.2, -0.15) is 0 Å². The number of hydrogen-bond donors (Lipinski definition) is 2. The maximum Gasteiger partial charge on any atom is 0.225 e. The van der Waals surface area contributed by atoms with Crippen molar-refractivity contribution in [2.45, 2.75) is 38.6 Å². The van der Waals surface area contributed by atoms with Crippen LogP contribution in [0.5, 0.6) is 0 Å². The van der Waals surface area contributed by atoms with E-state index in [1.165, 1.54) is 0 Å². The Morgan fingerprint density at radius 2 is 2.35 bits per heavy atom. The van der Waals surface area contributed by atoms with E-state index < -0.39 is 0 Å². The van der Waals surface area contributed by atoms with E-state index in [-0.39, 0.29) is 17.8 Å². The number of hydrogen-bond acceptors (Lipinski definition) is 4. The van der Waals surface area contributed by atoms with Crippen molar-refractivity contribution in [2.24, 2.45) is 10.9 Å². The van der Waals surface area contributed by atoms with E-state index in [0.29, 0.717) is 26.2 Å². The molecule has 1 rings (SSSR count). The zero-order chi connectivity index (χ0) is 12.7. The van der Waals surface area contributed by atoms with Crippen LogP contribution in [0.4, 0.5) is 0 Å². The maximum atomic E-state index is 12.0. The molecule has 6 heteroatoms. The van der Waals surface area contributed by atoms with Crippen LogP contribution in [-0.2, 0) is 9.53 Å². The van der Waals surface area contributed by atoms with Gasteiger partial charge in [-0.25, -0.2) is 0 Å². The molecule has 0 radical (unpaired) electrons. The first kappa shape index (κ1) is 13.8. The summed E-state index contributed by atoms with van der Waals surface area (Å²) in [4.78, 5) is 13.6. The van der Waals surface area contributed by atoms with Crippen LogP contribution in [0.1, 0.15) is 32.6 Å². The minimum atomic E-state index is -0.261. The summed E-state index contributed by atoms with van der Waals surface area (Å²) in [6.07, 6.45) is 3.07. The molecule has 1 fully saturated rings. The van der Waals surface area contributed by atoms with Crippen molar-refractivity contribution in [3.05, 3.63) is 0 Å². The minimum absolute atomic E-state index is 0.00903. The third-order valence-corrected chi connectivity index (χ3v) is 2.94. The van der Waals surface area contributed by atoms with E-state index in [0.717, 1.165) is 19.3 Å². The van der Waals surface area contributed by atoms with Crippen LogP contribution in [0.25, 0.3) is 0 Å². The van der Waals surface area contributed by atoms with E-state index in [1.807, 2.05) is 6.92 Å². The first-order chi connectivity index (χ1) is 8.20. The fourth-order valence-electron chi connectivity index (χ4n) is 2.05. The molecule has 1 unspecified atom stereocenters. The predicted octanol–water partition coefficient (Wildman–Crippen LogP) is 0.541. The molecule has 0 spiro atoms. The summed E-state index contributed by atoms with van der Waals surface area (Å²) in [6.45, 7) is 3.60. The van der Waals surface area contributed by atoms with Crippen molar-refractivity contribution in [2.75, 3.05) is 19.8 Å². The number of carbonyl (C=O) groups is 1. The van der Waals surface area contributed by atoms with Crippen molar-refractivity contribution in [1.29, 1.82) is 0 Å². The van der Waals surface area contributed by atoms with Gasteiger partial charge in [0.2, 0.25) is 5.91 Å². The number of carbonyl (C=O) groups excluding carboxylic acids is 1. The highest BCUT2D eigenvalue weighted by Gasteiger charge is 2.29. The zero-order valence-electron chi connectivity index (χ0n) is 10.3. The molecule has 0 saturated carbocycles. The highest BCUT2D eigenvalue weighted by atomic mass is 16.5. The smallest absolute Gasteiger partial charge is 0.225 e. The van der Waals surface area contributed by atoms with Crippen molar-refractivity contribution in [3.63, 3.8) is 0 Å². The van der Waals surface area contributed by atoms with Gasteiger partial charge in [-0.05, 0) is 26.2 Å². The molecule has 1 amide bonds. The van der Waals surface area contributed by atoms with Crippen LogP contribution in [0, 0.1) is 0 Å². The number of likely N-dealkylation sites (tertiary alicyclic amines) is 1. The van der Waals surface area contributed by atoms with Gasteiger partial charge in [0.1, 0.15) is 0 Å². The van der Waals surface area contributed by atoms with Crippen LogP contribution in [0.3, 0.4) is 0 Å². The number of oxime groups is 1. The molecule has 98 valence electrons. The van der Waals surface area contributed by atoms with Gasteiger partial charge < -0.3 is 20.6 Å². The molecule has 0 bridgehead atoms. The van der Waals surface area contributed by atoms with E-state index >= 15 is 0 Å². The summed E-state index contributed by atoms with van der Waals surface area (Å²) < 4.78 is 5.16. The third kappa shape index (κ3) is 3.89. The standard InChI is InChI=1S/C11H21N3O3/c1-2-17-8-6-10(15)14-7-4-3-5-9(14)11(12)13-16/h9,16H,2-8H2,1H3,(H2,12,13). The Balaban J connectivity index is 2.55. The summed E-state index contributed by atoms with van der Waals surface area (Å²) in [5.41, 5.74) is 5.61. The molecule has 1 heterocycles. The molecule has 1 saturated heterocycles. The van der Waals surface area contributed by atoms with E-state index in [2.05, 4.69) is 5.16 Å². The van der Waals surface area contributed by atoms with Crippen LogP contribution < -0.4 is 5.73 Å². The van der Waals surface area contributed by atoms with E-state index in [1.54, 1.807) is 4.90 Å². The highest BCUT2D eigenvalue weighted by Crippen LogP contribution is 2.18. The van der Waals surface area contributed by atoms with Crippen LogP contribution in [0.2, 0.25) is 0 Å². The average molecular weight is 243 g/mol. The summed E-state index contributed by atoms with van der Waals surface area (Å²) in [5, 5.41) is 11.7. The van der Waals surface area contributed by atoms with Gasteiger partial charge in [0.05, 0.1) is 19.1 Å². The second kappa shape index (κ2) is 7.11. The highest BCUT2D eigenvalue weighted by molar-refractivity contribution is 5.90. The summed E-state index contributed by atoms with van der Waals surface area (Å²) in [7, 11) is 0. The van der Waals surface area contributed by atoms with Gasteiger partial charge in [-0.15, -0.1) is 0 Å². The SMILES string of the molecule is CCOCCC(=O)N1CCCCC1C(N)=NO. The number of ether oxygens (including phenoxy) is 1. The van der Waals surface area contributed by atoms with E-state index in [4.69, 9.17) is 15.7 Å². The Bertz CT molecular complexity index is 281. The largest absolute Gasteiger partial charge is 0.409 e. The fraction of sp³-hybridized carbons (Fsp3) is 0.818. The van der Waals surface area contributed by atoms with Gasteiger partial charge in [0.25, 0.3) is 0 Å². The molecular formula is C11H21N3O3. The molecule has 6 nitrogen and oxygen atoms in total. The van der Waals surface area contributed by atoms with Gasteiger partial charge in [-0.3, -0.25) is 4.79 Å². The van der Waals surface area contributed by atoms with Crippen molar-refractivity contribution in [3.8, 4) is 0 Å². The fourth-order valence-corrected chi connectivity index (χ4v) is 2.05. The number of amidine groups is 1. The van der Waals surface area contributed by atoms with Gasteiger partial charge in [-0.1, -0.05) is 5.16 Å². The lowest BCUT2D eigenvalue weighted by Crippen LogP contribution is -2.50. The molecule has 0 aliphatic carbocycles. The molecule has 3 N–H and O–H groups in total. The van der Waals surface area contributed by atoms with Crippen LogP contribution in [0.15, 0.2) is 5.16 Å². The van der Waals surface area contributed by atoms with Crippen LogP contribution in [-0.4, -0.2) is 47.7 Å². The lowest BCUT2D eigenvalue weighted by atomic mass is 10.0. The lowest BCUT2D eigenvalue weighted by Gasteiger charge is -2.34. The molecule has 0 aromatic carbocycles. The second-order valence-electron chi connectivity index (χ2n) is 4.07. The van der Waals surface area contributed by atoms with E-state index in [9.17, 15) is 4.79 Å². The van der Waals surface area contributed by atoms with Crippen molar-refractivity contribution >= 4 is 11.7 Å².